The molecule has 0 aliphatic rings. The molecule has 0 saturated heterocycles. The van der Waals surface area contributed by atoms with E-state index in [1.165, 1.54) is 28.8 Å². The first-order chi connectivity index (χ1) is 16.9. The van der Waals surface area contributed by atoms with Gasteiger partial charge in [-0.25, -0.2) is 9.97 Å². The van der Waals surface area contributed by atoms with Gasteiger partial charge in [-0.05, 0) is 61.9 Å². The van der Waals surface area contributed by atoms with Crippen molar-refractivity contribution in [2.75, 3.05) is 6.61 Å². The standard InChI is InChI=1S/C25H21F2N5O3/c1-4-34-25-28-13-16-11-19(15-5-10-20-21(12-15)31(3)14(2)29-20)23(33)32(22(16)30-25)17-6-8-18(9-7-17)35-24(26)27/h5-13,24H,4H2,1-3H3. The minimum absolute atomic E-state index is 0.0149. The van der Waals surface area contributed by atoms with Crippen LogP contribution in [0.1, 0.15) is 12.7 Å². The summed E-state index contributed by atoms with van der Waals surface area (Å²) >= 11 is 0. The first-order valence-corrected chi connectivity index (χ1v) is 10.9. The average molecular weight is 477 g/mol. The fourth-order valence-electron chi connectivity index (χ4n) is 3.98. The summed E-state index contributed by atoms with van der Waals surface area (Å²) in [6.07, 6.45) is 1.59. The van der Waals surface area contributed by atoms with Gasteiger partial charge in [0.25, 0.3) is 5.56 Å². The number of hydrogen-bond acceptors (Lipinski definition) is 6. The van der Waals surface area contributed by atoms with Gasteiger partial charge in [-0.3, -0.25) is 9.36 Å². The summed E-state index contributed by atoms with van der Waals surface area (Å²) in [5, 5.41) is 0.609. The molecule has 2 aromatic carbocycles. The number of alkyl halides is 2. The lowest BCUT2D eigenvalue weighted by molar-refractivity contribution is -0.0498. The summed E-state index contributed by atoms with van der Waals surface area (Å²) < 4.78 is 38.5. The number of pyridine rings is 1. The number of ether oxygens (including phenoxy) is 2. The van der Waals surface area contributed by atoms with Gasteiger partial charge in [0.1, 0.15) is 11.6 Å². The summed E-state index contributed by atoms with van der Waals surface area (Å²) in [5.41, 5.74) is 3.28. The predicted molar refractivity (Wildman–Crippen MR) is 127 cm³/mol. The summed E-state index contributed by atoms with van der Waals surface area (Å²) in [7, 11) is 1.92. The molecule has 0 N–H and O–H groups in total. The van der Waals surface area contributed by atoms with Gasteiger partial charge in [-0.15, -0.1) is 0 Å². The van der Waals surface area contributed by atoms with Crippen LogP contribution in [0, 0.1) is 6.92 Å². The summed E-state index contributed by atoms with van der Waals surface area (Å²) in [4.78, 5) is 27.0. The van der Waals surface area contributed by atoms with E-state index in [4.69, 9.17) is 4.74 Å². The van der Waals surface area contributed by atoms with Crippen LogP contribution in [-0.2, 0) is 7.05 Å². The van der Waals surface area contributed by atoms with Gasteiger partial charge in [-0.1, -0.05) is 6.07 Å². The maximum absolute atomic E-state index is 13.8. The van der Waals surface area contributed by atoms with E-state index in [9.17, 15) is 13.6 Å². The molecule has 5 rings (SSSR count). The largest absolute Gasteiger partial charge is 0.464 e. The Morgan fingerprint density at radius 1 is 1.06 bits per heavy atom. The van der Waals surface area contributed by atoms with E-state index >= 15 is 0 Å². The van der Waals surface area contributed by atoms with Crippen molar-refractivity contribution < 1.29 is 18.3 Å². The average Bonchev–Trinajstić information content (AvgIpc) is 3.12. The normalized spacial score (nSPS) is 11.5. The number of halogens is 2. The Morgan fingerprint density at radius 3 is 2.54 bits per heavy atom. The molecular formula is C25H21F2N5O3. The molecule has 3 heterocycles. The van der Waals surface area contributed by atoms with Crippen molar-refractivity contribution in [1.29, 1.82) is 0 Å². The van der Waals surface area contributed by atoms with Crippen molar-refractivity contribution in [2.24, 2.45) is 7.05 Å². The molecule has 0 saturated carbocycles. The van der Waals surface area contributed by atoms with Crippen LogP contribution >= 0.6 is 0 Å². The first kappa shape index (κ1) is 22.5. The van der Waals surface area contributed by atoms with E-state index < -0.39 is 6.61 Å². The van der Waals surface area contributed by atoms with E-state index in [1.54, 1.807) is 12.3 Å². The van der Waals surface area contributed by atoms with Gasteiger partial charge in [0.05, 0.1) is 23.3 Å². The zero-order valence-corrected chi connectivity index (χ0v) is 19.2. The van der Waals surface area contributed by atoms with Crippen molar-refractivity contribution >= 4 is 22.1 Å². The molecule has 0 bridgehead atoms. The quantitative estimate of drug-likeness (QED) is 0.354. The SMILES string of the molecule is CCOc1ncc2cc(-c3ccc4nc(C)n(C)c4c3)c(=O)n(-c3ccc(OC(F)F)cc3)c2n1. The second-order valence-electron chi connectivity index (χ2n) is 7.86. The van der Waals surface area contributed by atoms with Gasteiger partial charge in [0.15, 0.2) is 5.65 Å². The highest BCUT2D eigenvalue weighted by atomic mass is 19.3. The molecule has 0 atom stereocenters. The van der Waals surface area contributed by atoms with Crippen LogP contribution in [0.2, 0.25) is 0 Å². The topological polar surface area (TPSA) is 84.1 Å². The third kappa shape index (κ3) is 4.07. The Morgan fingerprint density at radius 2 is 1.83 bits per heavy atom. The van der Waals surface area contributed by atoms with Crippen LogP contribution in [0.4, 0.5) is 8.78 Å². The summed E-state index contributed by atoms with van der Waals surface area (Å²) in [6.45, 7) is 1.14. The molecule has 0 aliphatic heterocycles. The number of imidazole rings is 1. The van der Waals surface area contributed by atoms with E-state index in [2.05, 4.69) is 19.7 Å². The number of fused-ring (bicyclic) bond motifs is 2. The Bertz CT molecular complexity index is 1610. The van der Waals surface area contributed by atoms with E-state index in [-0.39, 0.29) is 17.3 Å². The maximum atomic E-state index is 13.8. The predicted octanol–water partition coefficient (Wildman–Crippen LogP) is 4.64. The lowest BCUT2D eigenvalue weighted by Gasteiger charge is -2.14. The van der Waals surface area contributed by atoms with Crippen molar-refractivity contribution in [1.82, 2.24) is 24.1 Å². The van der Waals surface area contributed by atoms with E-state index in [0.29, 0.717) is 34.5 Å². The van der Waals surface area contributed by atoms with Crippen LogP contribution in [-0.4, -0.2) is 37.3 Å². The van der Waals surface area contributed by atoms with Gasteiger partial charge in [-0.2, -0.15) is 13.8 Å². The molecule has 0 amide bonds. The second-order valence-corrected chi connectivity index (χ2v) is 7.86. The van der Waals surface area contributed by atoms with Crippen molar-refractivity contribution in [3.63, 3.8) is 0 Å². The first-order valence-electron chi connectivity index (χ1n) is 10.9. The van der Waals surface area contributed by atoms with Crippen LogP contribution in [0.3, 0.4) is 0 Å². The Hall–Kier alpha value is -4.34. The second kappa shape index (κ2) is 8.79. The minimum atomic E-state index is -2.94. The third-order valence-electron chi connectivity index (χ3n) is 5.73. The maximum Gasteiger partial charge on any atom is 0.387 e. The summed E-state index contributed by atoms with van der Waals surface area (Å²) in [6, 6.07) is 13.3. The zero-order chi connectivity index (χ0) is 24.7. The molecule has 0 radical (unpaired) electrons. The van der Waals surface area contributed by atoms with Crippen molar-refractivity contribution in [3.8, 4) is 28.6 Å². The Labute approximate surface area is 198 Å². The summed E-state index contributed by atoms with van der Waals surface area (Å²) in [5.74, 6) is 0.843. The van der Waals surface area contributed by atoms with Crippen LogP contribution in [0.15, 0.2) is 59.5 Å². The monoisotopic (exact) mass is 477 g/mol. The molecule has 10 heteroatoms. The zero-order valence-electron chi connectivity index (χ0n) is 19.2. The molecule has 8 nitrogen and oxygen atoms in total. The fourth-order valence-corrected chi connectivity index (χ4v) is 3.98. The number of nitrogens with zero attached hydrogens (tertiary/aromatic N) is 5. The molecule has 0 fully saturated rings. The molecule has 35 heavy (non-hydrogen) atoms. The molecule has 0 unspecified atom stereocenters. The highest BCUT2D eigenvalue weighted by Gasteiger charge is 2.17. The van der Waals surface area contributed by atoms with Crippen molar-refractivity contribution in [3.05, 3.63) is 70.9 Å². The Kier molecular flexibility index (Phi) is 5.64. The number of rotatable bonds is 6. The van der Waals surface area contributed by atoms with E-state index in [1.807, 2.05) is 43.7 Å². The van der Waals surface area contributed by atoms with Crippen LogP contribution < -0.4 is 15.0 Å². The lowest BCUT2D eigenvalue weighted by Crippen LogP contribution is -2.21. The lowest BCUT2D eigenvalue weighted by atomic mass is 10.0. The van der Waals surface area contributed by atoms with Gasteiger partial charge < -0.3 is 14.0 Å². The third-order valence-corrected chi connectivity index (χ3v) is 5.73. The van der Waals surface area contributed by atoms with Gasteiger partial charge >= 0.3 is 12.6 Å². The fraction of sp³-hybridized carbons (Fsp3) is 0.200. The number of aryl methyl sites for hydroxylation is 2. The van der Waals surface area contributed by atoms with Crippen LogP contribution in [0.5, 0.6) is 11.8 Å². The minimum Gasteiger partial charge on any atom is -0.464 e. The number of aromatic nitrogens is 5. The molecule has 5 aromatic rings. The highest BCUT2D eigenvalue weighted by molar-refractivity contribution is 5.86. The molecule has 3 aromatic heterocycles. The van der Waals surface area contributed by atoms with Crippen LogP contribution in [0.25, 0.3) is 38.9 Å². The number of hydrogen-bond donors (Lipinski definition) is 0. The smallest absolute Gasteiger partial charge is 0.387 e. The van der Waals surface area contributed by atoms with Crippen molar-refractivity contribution in [2.45, 2.75) is 20.5 Å². The van der Waals surface area contributed by atoms with Gasteiger partial charge in [0.2, 0.25) is 0 Å². The number of benzene rings is 2. The van der Waals surface area contributed by atoms with E-state index in [0.717, 1.165) is 16.9 Å². The Balaban J connectivity index is 1.75. The molecular weight excluding hydrogens is 456 g/mol. The highest BCUT2D eigenvalue weighted by Crippen LogP contribution is 2.27. The molecule has 178 valence electrons. The molecule has 0 aliphatic carbocycles. The van der Waals surface area contributed by atoms with Gasteiger partial charge in [0, 0.05) is 24.2 Å². The molecule has 0 spiro atoms.